The molecule has 3 heteroatoms. The van der Waals surface area contributed by atoms with Crippen molar-refractivity contribution in [1.82, 2.24) is 5.32 Å². The van der Waals surface area contributed by atoms with Crippen LogP contribution < -0.4 is 5.32 Å². The Kier molecular flexibility index (Phi) is 5.32. The highest BCUT2D eigenvalue weighted by Gasteiger charge is 2.16. The molecule has 2 aromatic rings. The van der Waals surface area contributed by atoms with Crippen molar-refractivity contribution >= 4 is 15.9 Å². The van der Waals surface area contributed by atoms with Gasteiger partial charge in [-0.2, -0.15) is 0 Å². The number of nitrogens with one attached hydrogen (secondary N) is 1. The van der Waals surface area contributed by atoms with Crippen molar-refractivity contribution in [2.75, 3.05) is 0 Å². The average Bonchev–Trinajstić information content (AvgIpc) is 2.45. The van der Waals surface area contributed by atoms with Gasteiger partial charge in [0.1, 0.15) is 5.82 Å². The second-order valence-corrected chi connectivity index (χ2v) is 5.84. The van der Waals surface area contributed by atoms with Crippen LogP contribution in [0.25, 0.3) is 0 Å². The average molecular weight is 336 g/mol. The molecule has 0 aliphatic rings. The van der Waals surface area contributed by atoms with E-state index in [1.165, 1.54) is 11.6 Å². The summed E-state index contributed by atoms with van der Waals surface area (Å²) in [6.07, 6.45) is 0.847. The summed E-state index contributed by atoms with van der Waals surface area (Å²) < 4.78 is 15.0. The van der Waals surface area contributed by atoms with Crippen molar-refractivity contribution in [1.29, 1.82) is 0 Å². The predicted octanol–water partition coefficient (Wildman–Crippen LogP) is 5.39. The summed E-state index contributed by atoms with van der Waals surface area (Å²) in [7, 11) is 0. The SMILES string of the molecule is CCC(NC(C)c1cccc(Br)c1)c1ccccc1F. The van der Waals surface area contributed by atoms with E-state index in [0.717, 1.165) is 16.5 Å². The van der Waals surface area contributed by atoms with Crippen molar-refractivity contribution in [3.05, 3.63) is 69.9 Å². The van der Waals surface area contributed by atoms with Gasteiger partial charge in [-0.1, -0.05) is 53.2 Å². The molecule has 0 fully saturated rings. The lowest BCUT2D eigenvalue weighted by molar-refractivity contribution is 0.439. The molecule has 1 N–H and O–H groups in total. The van der Waals surface area contributed by atoms with Crippen LogP contribution in [-0.2, 0) is 0 Å². The molecule has 0 aliphatic heterocycles. The van der Waals surface area contributed by atoms with Crippen molar-refractivity contribution in [3.8, 4) is 0 Å². The van der Waals surface area contributed by atoms with E-state index >= 15 is 0 Å². The van der Waals surface area contributed by atoms with Crippen LogP contribution in [0.4, 0.5) is 4.39 Å². The predicted molar refractivity (Wildman–Crippen MR) is 85.1 cm³/mol. The fourth-order valence-corrected chi connectivity index (χ4v) is 2.78. The first-order valence-electron chi connectivity index (χ1n) is 6.87. The summed E-state index contributed by atoms with van der Waals surface area (Å²) in [4.78, 5) is 0. The second-order valence-electron chi connectivity index (χ2n) is 4.93. The summed E-state index contributed by atoms with van der Waals surface area (Å²) in [5, 5.41) is 3.51. The largest absolute Gasteiger partial charge is 0.303 e. The van der Waals surface area contributed by atoms with Crippen LogP contribution in [0.2, 0.25) is 0 Å². The number of rotatable bonds is 5. The molecule has 0 aliphatic carbocycles. The van der Waals surface area contributed by atoms with Gasteiger partial charge in [0.15, 0.2) is 0 Å². The van der Waals surface area contributed by atoms with Crippen LogP contribution in [0.3, 0.4) is 0 Å². The molecular weight excluding hydrogens is 317 g/mol. The number of benzene rings is 2. The minimum Gasteiger partial charge on any atom is -0.303 e. The molecule has 20 heavy (non-hydrogen) atoms. The quantitative estimate of drug-likeness (QED) is 0.772. The Hall–Kier alpha value is -1.19. The van der Waals surface area contributed by atoms with Gasteiger partial charge in [-0.3, -0.25) is 0 Å². The lowest BCUT2D eigenvalue weighted by Gasteiger charge is -2.23. The van der Waals surface area contributed by atoms with E-state index in [9.17, 15) is 4.39 Å². The standard InChI is InChI=1S/C17H19BrFN/c1-3-17(15-9-4-5-10-16(15)19)20-12(2)13-7-6-8-14(18)11-13/h4-12,17,20H,3H2,1-2H3. The van der Waals surface area contributed by atoms with Crippen molar-refractivity contribution in [2.45, 2.75) is 32.4 Å². The maximum Gasteiger partial charge on any atom is 0.127 e. The molecule has 1 nitrogen and oxygen atoms in total. The van der Waals surface area contributed by atoms with Gasteiger partial charge >= 0.3 is 0 Å². The Balaban J connectivity index is 2.16. The summed E-state index contributed by atoms with van der Waals surface area (Å²) in [6, 6.07) is 15.3. The van der Waals surface area contributed by atoms with Crippen LogP contribution in [0.5, 0.6) is 0 Å². The van der Waals surface area contributed by atoms with Gasteiger partial charge in [0, 0.05) is 22.1 Å². The molecule has 0 saturated heterocycles. The van der Waals surface area contributed by atoms with Gasteiger partial charge in [0.05, 0.1) is 0 Å². The molecule has 0 heterocycles. The van der Waals surface area contributed by atoms with Gasteiger partial charge in [0.2, 0.25) is 0 Å². The Morgan fingerprint density at radius 3 is 2.55 bits per heavy atom. The Morgan fingerprint density at radius 2 is 1.90 bits per heavy atom. The first kappa shape index (κ1) is 15.2. The molecule has 2 atom stereocenters. The van der Waals surface area contributed by atoms with E-state index in [1.54, 1.807) is 6.07 Å². The Morgan fingerprint density at radius 1 is 1.15 bits per heavy atom. The molecule has 106 valence electrons. The third-order valence-electron chi connectivity index (χ3n) is 3.49. The molecule has 0 radical (unpaired) electrons. The molecule has 2 aromatic carbocycles. The van der Waals surface area contributed by atoms with Crippen LogP contribution in [0.1, 0.15) is 43.5 Å². The molecule has 2 rings (SSSR count). The van der Waals surface area contributed by atoms with Crippen molar-refractivity contribution in [2.24, 2.45) is 0 Å². The van der Waals surface area contributed by atoms with Crippen molar-refractivity contribution < 1.29 is 4.39 Å². The normalized spacial score (nSPS) is 14.0. The topological polar surface area (TPSA) is 12.0 Å². The minimum absolute atomic E-state index is 0.0187. The number of halogens is 2. The summed E-state index contributed by atoms with van der Waals surface area (Å²) >= 11 is 3.48. The smallest absolute Gasteiger partial charge is 0.127 e. The van der Waals surface area contributed by atoms with Crippen LogP contribution in [0.15, 0.2) is 53.0 Å². The van der Waals surface area contributed by atoms with E-state index < -0.39 is 0 Å². The maximum atomic E-state index is 13.9. The van der Waals surface area contributed by atoms with E-state index in [-0.39, 0.29) is 17.9 Å². The van der Waals surface area contributed by atoms with Gasteiger partial charge < -0.3 is 5.32 Å². The summed E-state index contributed by atoms with van der Waals surface area (Å²) in [5.41, 5.74) is 1.92. The van der Waals surface area contributed by atoms with Crippen molar-refractivity contribution in [3.63, 3.8) is 0 Å². The fourth-order valence-electron chi connectivity index (χ4n) is 2.36. The monoisotopic (exact) mass is 335 g/mol. The van der Waals surface area contributed by atoms with Gasteiger partial charge in [0.25, 0.3) is 0 Å². The zero-order valence-electron chi connectivity index (χ0n) is 11.7. The van der Waals surface area contributed by atoms with E-state index in [4.69, 9.17) is 0 Å². The number of hydrogen-bond acceptors (Lipinski definition) is 1. The highest BCUT2D eigenvalue weighted by Crippen LogP contribution is 2.25. The highest BCUT2D eigenvalue weighted by molar-refractivity contribution is 9.10. The lowest BCUT2D eigenvalue weighted by Crippen LogP contribution is -2.25. The molecule has 2 unspecified atom stereocenters. The van der Waals surface area contributed by atoms with Crippen LogP contribution in [-0.4, -0.2) is 0 Å². The van der Waals surface area contributed by atoms with Gasteiger partial charge in [-0.15, -0.1) is 0 Å². The van der Waals surface area contributed by atoms with Crippen LogP contribution in [0, 0.1) is 5.82 Å². The molecular formula is C17H19BrFN. The zero-order chi connectivity index (χ0) is 14.5. The third-order valence-corrected chi connectivity index (χ3v) is 3.98. The van der Waals surface area contributed by atoms with E-state index in [0.29, 0.717) is 0 Å². The second kappa shape index (κ2) is 7.00. The zero-order valence-corrected chi connectivity index (χ0v) is 13.3. The highest BCUT2D eigenvalue weighted by atomic mass is 79.9. The van der Waals surface area contributed by atoms with E-state index in [2.05, 4.69) is 47.2 Å². The summed E-state index contributed by atoms with van der Waals surface area (Å²) in [5.74, 6) is -0.145. The molecule has 0 saturated carbocycles. The van der Waals surface area contributed by atoms with Gasteiger partial charge in [-0.25, -0.2) is 4.39 Å². The van der Waals surface area contributed by atoms with Gasteiger partial charge in [-0.05, 0) is 37.1 Å². The molecule has 0 bridgehead atoms. The number of hydrogen-bond donors (Lipinski definition) is 1. The molecule has 0 amide bonds. The fraction of sp³-hybridized carbons (Fsp3) is 0.294. The molecule has 0 spiro atoms. The summed E-state index contributed by atoms with van der Waals surface area (Å²) in [6.45, 7) is 4.17. The third kappa shape index (κ3) is 3.68. The maximum absolute atomic E-state index is 13.9. The first-order valence-corrected chi connectivity index (χ1v) is 7.67. The lowest BCUT2D eigenvalue weighted by atomic mass is 10.0. The minimum atomic E-state index is -0.145. The van der Waals surface area contributed by atoms with E-state index in [1.807, 2.05) is 24.3 Å². The molecule has 0 aromatic heterocycles. The first-order chi connectivity index (χ1) is 9.61. The Labute approximate surface area is 128 Å². The Bertz CT molecular complexity index is 570. The van der Waals surface area contributed by atoms with Crippen LogP contribution >= 0.6 is 15.9 Å².